The van der Waals surface area contributed by atoms with Crippen LogP contribution in [0.1, 0.15) is 48.3 Å². The number of rotatable bonds is 6. The molecule has 0 bridgehead atoms. The summed E-state index contributed by atoms with van der Waals surface area (Å²) in [4.78, 5) is 29.5. The molecule has 3 rings (SSSR count). The number of nitrogens with zero attached hydrogens (tertiary/aromatic N) is 2. The molecule has 1 atom stereocenters. The van der Waals surface area contributed by atoms with Crippen LogP contribution in [0.25, 0.3) is 10.9 Å². The van der Waals surface area contributed by atoms with Crippen molar-refractivity contribution in [2.24, 2.45) is 5.92 Å². The fourth-order valence-corrected chi connectivity index (χ4v) is 3.38. The van der Waals surface area contributed by atoms with E-state index in [9.17, 15) is 14.9 Å². The predicted octanol–water partition coefficient (Wildman–Crippen LogP) is 3.07. The minimum Gasteiger partial charge on any atom is -0.452 e. The molecule has 0 spiro atoms. The lowest BCUT2D eigenvalue weighted by Crippen LogP contribution is -2.48. The van der Waals surface area contributed by atoms with Crippen LogP contribution in [0.4, 0.5) is 0 Å². The van der Waals surface area contributed by atoms with Crippen molar-refractivity contribution in [2.75, 3.05) is 6.61 Å². The molecule has 1 aromatic carbocycles. The highest BCUT2D eigenvalue weighted by atomic mass is 16.5. The number of pyridine rings is 1. The molecule has 6 heteroatoms. The summed E-state index contributed by atoms with van der Waals surface area (Å²) < 4.78 is 5.28. The largest absolute Gasteiger partial charge is 0.452 e. The van der Waals surface area contributed by atoms with Gasteiger partial charge in [-0.1, -0.05) is 25.1 Å². The predicted molar refractivity (Wildman–Crippen MR) is 101 cm³/mol. The van der Waals surface area contributed by atoms with E-state index in [1.807, 2.05) is 38.1 Å². The molecule has 1 aliphatic rings. The summed E-state index contributed by atoms with van der Waals surface area (Å²) in [5, 5.41) is 12.7. The monoisotopic (exact) mass is 365 g/mol. The second-order valence-electron chi connectivity index (χ2n) is 7.14. The number of para-hydroxylation sites is 1. The normalized spacial score (nSPS) is 15.6. The lowest BCUT2D eigenvalue weighted by atomic mass is 9.98. The summed E-state index contributed by atoms with van der Waals surface area (Å²) in [5.41, 5.74) is 1.85. The minimum atomic E-state index is -0.905. The first-order chi connectivity index (χ1) is 12.9. The zero-order valence-electron chi connectivity index (χ0n) is 15.8. The first-order valence-electron chi connectivity index (χ1n) is 9.17. The number of ether oxygens (including phenoxy) is 1. The van der Waals surface area contributed by atoms with Crippen molar-refractivity contribution >= 4 is 22.8 Å². The van der Waals surface area contributed by atoms with Crippen molar-refractivity contribution in [1.82, 2.24) is 10.3 Å². The summed E-state index contributed by atoms with van der Waals surface area (Å²) in [6, 6.07) is 9.54. The van der Waals surface area contributed by atoms with Gasteiger partial charge < -0.3 is 10.1 Å². The van der Waals surface area contributed by atoms with E-state index >= 15 is 0 Å². The van der Waals surface area contributed by atoms with Crippen LogP contribution in [-0.4, -0.2) is 29.0 Å². The molecule has 0 saturated heterocycles. The molecule has 1 saturated carbocycles. The van der Waals surface area contributed by atoms with Crippen molar-refractivity contribution in [3.05, 3.63) is 41.1 Å². The van der Waals surface area contributed by atoms with Gasteiger partial charge in [-0.2, -0.15) is 5.26 Å². The number of hydrogen-bond donors (Lipinski definition) is 1. The third kappa shape index (κ3) is 3.77. The molecule has 1 N–H and O–H groups in total. The van der Waals surface area contributed by atoms with E-state index in [1.54, 1.807) is 6.92 Å². The Morgan fingerprint density at radius 3 is 2.70 bits per heavy atom. The number of benzene rings is 1. The van der Waals surface area contributed by atoms with Gasteiger partial charge in [-0.15, -0.1) is 0 Å². The van der Waals surface area contributed by atoms with Gasteiger partial charge in [-0.3, -0.25) is 9.78 Å². The van der Waals surface area contributed by atoms with Crippen LogP contribution < -0.4 is 5.32 Å². The molecule has 1 heterocycles. The van der Waals surface area contributed by atoms with E-state index in [1.165, 1.54) is 0 Å². The van der Waals surface area contributed by atoms with E-state index in [2.05, 4.69) is 16.4 Å². The van der Waals surface area contributed by atoms with Crippen molar-refractivity contribution in [3.8, 4) is 6.07 Å². The second kappa shape index (κ2) is 7.36. The van der Waals surface area contributed by atoms with Crippen LogP contribution in [0.15, 0.2) is 24.3 Å². The average molecular weight is 365 g/mol. The van der Waals surface area contributed by atoms with Gasteiger partial charge in [0.1, 0.15) is 5.54 Å². The number of fused-ring (bicyclic) bond motifs is 1. The number of nitriles is 1. The quantitative estimate of drug-likeness (QED) is 0.794. The highest BCUT2D eigenvalue weighted by Crippen LogP contribution is 2.39. The van der Waals surface area contributed by atoms with Gasteiger partial charge >= 0.3 is 5.97 Å². The van der Waals surface area contributed by atoms with Gasteiger partial charge in [0.05, 0.1) is 17.1 Å². The minimum absolute atomic E-state index is 0.167. The first kappa shape index (κ1) is 18.8. The van der Waals surface area contributed by atoms with Gasteiger partial charge in [0.15, 0.2) is 6.61 Å². The van der Waals surface area contributed by atoms with Gasteiger partial charge in [-0.05, 0) is 50.7 Å². The zero-order valence-corrected chi connectivity index (χ0v) is 15.8. The fraction of sp³-hybridized carbons (Fsp3) is 0.429. The molecule has 0 radical (unpaired) electrons. The summed E-state index contributed by atoms with van der Waals surface area (Å²) in [6.45, 7) is 5.11. The van der Waals surface area contributed by atoms with Crippen LogP contribution in [-0.2, 0) is 16.0 Å². The maximum Gasteiger partial charge on any atom is 0.339 e. The second-order valence-corrected chi connectivity index (χ2v) is 7.14. The Morgan fingerprint density at radius 2 is 2.07 bits per heavy atom. The van der Waals surface area contributed by atoms with Crippen molar-refractivity contribution < 1.29 is 14.3 Å². The maximum atomic E-state index is 12.7. The highest BCUT2D eigenvalue weighted by molar-refractivity contribution is 6.05. The lowest BCUT2D eigenvalue weighted by Gasteiger charge is -2.22. The Labute approximate surface area is 158 Å². The van der Waals surface area contributed by atoms with E-state index < -0.39 is 24.0 Å². The van der Waals surface area contributed by atoms with Crippen molar-refractivity contribution in [2.45, 2.75) is 45.6 Å². The van der Waals surface area contributed by atoms with Crippen LogP contribution in [0.2, 0.25) is 0 Å². The molecule has 1 fully saturated rings. The van der Waals surface area contributed by atoms with E-state index in [4.69, 9.17) is 4.74 Å². The van der Waals surface area contributed by atoms with E-state index in [0.717, 1.165) is 29.6 Å². The maximum absolute atomic E-state index is 12.7. The highest BCUT2D eigenvalue weighted by Gasteiger charge is 2.43. The van der Waals surface area contributed by atoms with Crippen LogP contribution in [0, 0.1) is 24.2 Å². The van der Waals surface area contributed by atoms with Gasteiger partial charge in [0.25, 0.3) is 5.91 Å². The van der Waals surface area contributed by atoms with E-state index in [0.29, 0.717) is 17.4 Å². The van der Waals surface area contributed by atoms with Crippen molar-refractivity contribution in [3.63, 3.8) is 0 Å². The summed E-state index contributed by atoms with van der Waals surface area (Å²) in [6.07, 6.45) is 2.54. The van der Waals surface area contributed by atoms with Gasteiger partial charge in [0.2, 0.25) is 0 Å². The molecule has 27 heavy (non-hydrogen) atoms. The molecule has 1 aromatic heterocycles. The SMILES string of the molecule is CCc1nc2ccccc2c(C(=O)OCC(=O)N[C@](C)(C#N)C2CC2)c1C. The summed E-state index contributed by atoms with van der Waals surface area (Å²) in [7, 11) is 0. The number of nitrogens with one attached hydrogen (secondary N) is 1. The summed E-state index contributed by atoms with van der Waals surface area (Å²) in [5.74, 6) is -0.854. The number of esters is 1. The molecule has 2 aromatic rings. The molecular formula is C21H23N3O3. The lowest BCUT2D eigenvalue weighted by molar-refractivity contribution is -0.125. The van der Waals surface area contributed by atoms with Crippen LogP contribution in [0.3, 0.4) is 0 Å². The van der Waals surface area contributed by atoms with Gasteiger partial charge in [0, 0.05) is 11.1 Å². The topological polar surface area (TPSA) is 92.1 Å². The fourth-order valence-electron chi connectivity index (χ4n) is 3.38. The Balaban J connectivity index is 1.77. The van der Waals surface area contributed by atoms with E-state index in [-0.39, 0.29) is 5.92 Å². The van der Waals surface area contributed by atoms with Crippen LogP contribution >= 0.6 is 0 Å². The molecule has 140 valence electrons. The molecule has 1 amide bonds. The molecule has 0 unspecified atom stereocenters. The third-order valence-electron chi connectivity index (χ3n) is 5.14. The number of carbonyl (C=O) groups is 2. The first-order valence-corrected chi connectivity index (χ1v) is 9.17. The number of amides is 1. The zero-order chi connectivity index (χ0) is 19.6. The Hall–Kier alpha value is -2.94. The smallest absolute Gasteiger partial charge is 0.339 e. The Kier molecular flexibility index (Phi) is 5.13. The average Bonchev–Trinajstić information content (AvgIpc) is 3.51. The third-order valence-corrected chi connectivity index (χ3v) is 5.14. The summed E-state index contributed by atoms with van der Waals surface area (Å²) >= 11 is 0. The molecule has 0 aliphatic heterocycles. The number of aromatic nitrogens is 1. The van der Waals surface area contributed by atoms with Gasteiger partial charge in [-0.25, -0.2) is 4.79 Å². The molecular weight excluding hydrogens is 342 g/mol. The van der Waals surface area contributed by atoms with Crippen LogP contribution in [0.5, 0.6) is 0 Å². The molecule has 6 nitrogen and oxygen atoms in total. The number of hydrogen-bond acceptors (Lipinski definition) is 5. The number of aryl methyl sites for hydroxylation is 1. The standard InChI is InChI=1S/C21H23N3O3/c1-4-16-13(2)19(15-7-5-6-8-17(15)23-16)20(26)27-11-18(25)24-21(3,12-22)14-9-10-14/h5-8,14H,4,9-11H2,1-3H3,(H,24,25)/t21-/m1/s1. The Bertz CT molecular complexity index is 944. The Morgan fingerprint density at radius 1 is 1.37 bits per heavy atom. The number of carbonyl (C=O) groups excluding carboxylic acids is 2. The molecule has 1 aliphatic carbocycles. The van der Waals surface area contributed by atoms with Crippen molar-refractivity contribution in [1.29, 1.82) is 5.26 Å².